The maximum Gasteiger partial charge on any atom is 0.313 e. The third-order valence-electron chi connectivity index (χ3n) is 3.83. The van der Waals surface area contributed by atoms with Crippen molar-refractivity contribution in [2.24, 2.45) is 5.73 Å². The second-order valence-corrected chi connectivity index (χ2v) is 5.76. The number of aliphatic carboxylic acids is 1. The lowest BCUT2D eigenvalue weighted by Crippen LogP contribution is -2.38. The van der Waals surface area contributed by atoms with E-state index in [4.69, 9.17) is 5.73 Å². The number of carboxylic acids is 1. The first-order valence-electron chi connectivity index (χ1n) is 7.08. The molecule has 0 spiro atoms. The number of benzene rings is 2. The van der Waals surface area contributed by atoms with Gasteiger partial charge in [0.1, 0.15) is 0 Å². The van der Waals surface area contributed by atoms with Gasteiger partial charge in [-0.15, -0.1) is 0 Å². The van der Waals surface area contributed by atoms with Crippen LogP contribution in [0.1, 0.15) is 25.8 Å². The molecule has 0 aromatic heterocycles. The quantitative estimate of drug-likeness (QED) is 0.883. The third-order valence-corrected chi connectivity index (χ3v) is 3.83. The van der Waals surface area contributed by atoms with Gasteiger partial charge in [-0.05, 0) is 37.0 Å². The minimum absolute atomic E-state index is 0.167. The molecule has 2 aromatic carbocycles. The van der Waals surface area contributed by atoms with Crippen LogP contribution in [0.15, 0.2) is 54.6 Å². The van der Waals surface area contributed by atoms with Gasteiger partial charge in [0.25, 0.3) is 0 Å². The molecule has 3 nitrogen and oxygen atoms in total. The van der Waals surface area contributed by atoms with Crippen molar-refractivity contribution in [3.8, 4) is 11.1 Å². The zero-order valence-corrected chi connectivity index (χ0v) is 12.4. The summed E-state index contributed by atoms with van der Waals surface area (Å²) in [6.45, 7) is 3.57. The maximum atomic E-state index is 11.7. The van der Waals surface area contributed by atoms with Crippen LogP contribution in [0, 0.1) is 0 Å². The summed E-state index contributed by atoms with van der Waals surface area (Å²) in [4.78, 5) is 11.7. The Morgan fingerprint density at radius 2 is 1.62 bits per heavy atom. The summed E-state index contributed by atoms with van der Waals surface area (Å²) < 4.78 is 0. The van der Waals surface area contributed by atoms with Gasteiger partial charge in [0.15, 0.2) is 0 Å². The molecule has 0 saturated carbocycles. The molecule has 0 amide bonds. The van der Waals surface area contributed by atoms with Crippen molar-refractivity contribution in [1.29, 1.82) is 0 Å². The Balaban J connectivity index is 2.35. The highest BCUT2D eigenvalue weighted by Crippen LogP contribution is 2.31. The summed E-state index contributed by atoms with van der Waals surface area (Å²) in [5.41, 5.74) is 7.84. The van der Waals surface area contributed by atoms with Gasteiger partial charge in [-0.3, -0.25) is 4.79 Å². The average molecular weight is 283 g/mol. The average Bonchev–Trinajstić information content (AvgIpc) is 2.47. The summed E-state index contributed by atoms with van der Waals surface area (Å²) in [6, 6.07) is 17.6. The van der Waals surface area contributed by atoms with Crippen molar-refractivity contribution in [3.63, 3.8) is 0 Å². The van der Waals surface area contributed by atoms with Gasteiger partial charge >= 0.3 is 5.97 Å². The fourth-order valence-electron chi connectivity index (χ4n) is 2.63. The molecule has 0 aliphatic heterocycles. The summed E-state index contributed by atoms with van der Waals surface area (Å²) >= 11 is 0. The first-order valence-corrected chi connectivity index (χ1v) is 7.08. The molecular weight excluding hydrogens is 262 g/mol. The van der Waals surface area contributed by atoms with E-state index in [0.717, 1.165) is 16.7 Å². The van der Waals surface area contributed by atoms with Crippen LogP contribution in [0.2, 0.25) is 0 Å². The summed E-state index contributed by atoms with van der Waals surface area (Å²) in [5.74, 6) is -0.840. The van der Waals surface area contributed by atoms with E-state index in [2.05, 4.69) is 0 Å². The van der Waals surface area contributed by atoms with Gasteiger partial charge in [-0.25, -0.2) is 0 Å². The lowest BCUT2D eigenvalue weighted by atomic mass is 9.77. The summed E-state index contributed by atoms with van der Waals surface area (Å²) in [6.07, 6.45) is 0.410. The Morgan fingerprint density at radius 3 is 2.10 bits per heavy atom. The highest BCUT2D eigenvalue weighted by atomic mass is 16.4. The van der Waals surface area contributed by atoms with Crippen LogP contribution in [-0.4, -0.2) is 17.1 Å². The molecule has 0 fully saturated rings. The number of hydrogen-bond acceptors (Lipinski definition) is 2. The van der Waals surface area contributed by atoms with E-state index in [1.54, 1.807) is 6.92 Å². The normalized spacial score (nSPS) is 15.2. The van der Waals surface area contributed by atoms with E-state index < -0.39 is 11.4 Å². The fraction of sp³-hybridized carbons (Fsp3) is 0.278. The fourth-order valence-corrected chi connectivity index (χ4v) is 2.63. The van der Waals surface area contributed by atoms with Gasteiger partial charge in [-0.2, -0.15) is 0 Å². The van der Waals surface area contributed by atoms with Gasteiger partial charge in [0.05, 0.1) is 5.41 Å². The van der Waals surface area contributed by atoms with E-state index in [0.29, 0.717) is 6.42 Å². The van der Waals surface area contributed by atoms with Crippen molar-refractivity contribution in [1.82, 2.24) is 0 Å². The summed E-state index contributed by atoms with van der Waals surface area (Å²) in [7, 11) is 0. The number of nitrogens with two attached hydrogens (primary N) is 1. The molecule has 2 unspecified atom stereocenters. The molecule has 21 heavy (non-hydrogen) atoms. The topological polar surface area (TPSA) is 63.3 Å². The second kappa shape index (κ2) is 6.10. The minimum atomic E-state index is -0.955. The molecule has 110 valence electrons. The lowest BCUT2D eigenvalue weighted by molar-refractivity contribution is -0.143. The first kappa shape index (κ1) is 15.3. The van der Waals surface area contributed by atoms with Crippen LogP contribution < -0.4 is 5.73 Å². The minimum Gasteiger partial charge on any atom is -0.481 e. The first-order chi connectivity index (χ1) is 9.93. The van der Waals surface area contributed by atoms with E-state index in [9.17, 15) is 9.90 Å². The van der Waals surface area contributed by atoms with E-state index >= 15 is 0 Å². The van der Waals surface area contributed by atoms with Crippen LogP contribution in [0.3, 0.4) is 0 Å². The third kappa shape index (κ3) is 3.31. The Bertz CT molecular complexity index is 605. The smallest absolute Gasteiger partial charge is 0.313 e. The van der Waals surface area contributed by atoms with Crippen molar-refractivity contribution >= 4 is 5.97 Å². The zero-order chi connectivity index (χ0) is 15.5. The van der Waals surface area contributed by atoms with Crippen molar-refractivity contribution in [3.05, 3.63) is 60.2 Å². The summed E-state index contributed by atoms with van der Waals surface area (Å²) in [5, 5.41) is 9.57. The second-order valence-electron chi connectivity index (χ2n) is 5.76. The van der Waals surface area contributed by atoms with Crippen LogP contribution in [0.5, 0.6) is 0 Å². The molecule has 0 aliphatic rings. The molecule has 0 radical (unpaired) electrons. The Morgan fingerprint density at radius 1 is 1.10 bits per heavy atom. The number of carboxylic acid groups (broad SMARTS) is 1. The lowest BCUT2D eigenvalue weighted by Gasteiger charge is -2.27. The van der Waals surface area contributed by atoms with Gasteiger partial charge in [-0.1, -0.05) is 54.6 Å². The highest BCUT2D eigenvalue weighted by Gasteiger charge is 2.35. The molecule has 2 atom stereocenters. The standard InChI is InChI=1S/C18H21NO2/c1-13(19)12-18(2,17(20)21)16-10-8-15(9-11-16)14-6-4-3-5-7-14/h3-11,13H,12,19H2,1-2H3,(H,20,21). The molecule has 3 heteroatoms. The zero-order valence-electron chi connectivity index (χ0n) is 12.4. The SMILES string of the molecule is CC(N)CC(C)(C(=O)O)c1ccc(-c2ccccc2)cc1. The maximum absolute atomic E-state index is 11.7. The predicted molar refractivity (Wildman–Crippen MR) is 85.1 cm³/mol. The van der Waals surface area contributed by atoms with Gasteiger partial charge in [0.2, 0.25) is 0 Å². The largest absolute Gasteiger partial charge is 0.481 e. The van der Waals surface area contributed by atoms with Gasteiger partial charge < -0.3 is 10.8 Å². The Kier molecular flexibility index (Phi) is 4.43. The van der Waals surface area contributed by atoms with Crippen molar-refractivity contribution in [2.45, 2.75) is 31.7 Å². The molecular formula is C18H21NO2. The Hall–Kier alpha value is -2.13. The highest BCUT2D eigenvalue weighted by molar-refractivity contribution is 5.81. The van der Waals surface area contributed by atoms with Crippen LogP contribution >= 0.6 is 0 Å². The molecule has 0 aliphatic carbocycles. The van der Waals surface area contributed by atoms with E-state index in [-0.39, 0.29) is 6.04 Å². The number of hydrogen-bond donors (Lipinski definition) is 2. The van der Waals surface area contributed by atoms with Crippen LogP contribution in [0.25, 0.3) is 11.1 Å². The Labute approximate surface area is 125 Å². The van der Waals surface area contributed by atoms with Crippen molar-refractivity contribution in [2.75, 3.05) is 0 Å². The van der Waals surface area contributed by atoms with E-state index in [1.165, 1.54) is 0 Å². The van der Waals surface area contributed by atoms with E-state index in [1.807, 2.05) is 61.5 Å². The predicted octanol–water partition coefficient (Wildman–Crippen LogP) is 3.43. The molecule has 2 rings (SSSR count). The van der Waals surface area contributed by atoms with Crippen LogP contribution in [-0.2, 0) is 10.2 Å². The van der Waals surface area contributed by atoms with Crippen molar-refractivity contribution < 1.29 is 9.90 Å². The monoisotopic (exact) mass is 283 g/mol. The molecule has 2 aromatic rings. The molecule has 3 N–H and O–H groups in total. The number of carbonyl (C=O) groups is 1. The van der Waals surface area contributed by atoms with Gasteiger partial charge in [0, 0.05) is 6.04 Å². The molecule has 0 bridgehead atoms. The van der Waals surface area contributed by atoms with Crippen LogP contribution in [0.4, 0.5) is 0 Å². The molecule has 0 saturated heterocycles. The molecule has 0 heterocycles. The number of rotatable bonds is 5.